The van der Waals surface area contributed by atoms with Crippen LogP contribution in [0.15, 0.2) is 0 Å². The zero-order valence-corrected chi connectivity index (χ0v) is 11.2. The molecule has 0 radical (unpaired) electrons. The summed E-state index contributed by atoms with van der Waals surface area (Å²) in [5.74, 6) is 0.119. The normalized spacial score (nSPS) is 33.6. The van der Waals surface area contributed by atoms with Crippen molar-refractivity contribution in [1.29, 1.82) is 0 Å². The number of carbonyl (C=O) groups is 1. The molecule has 2 fully saturated rings. The Kier molecular flexibility index (Phi) is 4.97. The van der Waals surface area contributed by atoms with Gasteiger partial charge in [0.05, 0.1) is 18.6 Å². The first-order valence-corrected chi connectivity index (χ1v) is 7.08. The summed E-state index contributed by atoms with van der Waals surface area (Å²) in [7, 11) is 0. The SMILES string of the molecule is CCN1CCOC(CNC(=O)C2CCCC2N)C1. The van der Waals surface area contributed by atoms with E-state index in [4.69, 9.17) is 10.5 Å². The first-order chi connectivity index (χ1) is 8.70. The zero-order valence-electron chi connectivity index (χ0n) is 11.2. The molecule has 2 rings (SSSR count). The number of morpholine rings is 1. The second-order valence-corrected chi connectivity index (χ2v) is 5.33. The molecular weight excluding hydrogens is 230 g/mol. The second-order valence-electron chi connectivity index (χ2n) is 5.33. The minimum absolute atomic E-state index is 0.0101. The molecule has 1 saturated heterocycles. The molecule has 5 nitrogen and oxygen atoms in total. The molecule has 1 heterocycles. The van der Waals surface area contributed by atoms with E-state index >= 15 is 0 Å². The van der Waals surface area contributed by atoms with Crippen LogP contribution in [-0.4, -0.2) is 55.7 Å². The standard InChI is InChI=1S/C13H25N3O2/c1-2-16-6-7-18-10(9-16)8-15-13(17)11-4-3-5-12(11)14/h10-12H,2-9,14H2,1H3,(H,15,17). The summed E-state index contributed by atoms with van der Waals surface area (Å²) in [6.07, 6.45) is 3.10. The highest BCUT2D eigenvalue weighted by Crippen LogP contribution is 2.23. The van der Waals surface area contributed by atoms with Crippen molar-refractivity contribution in [3.63, 3.8) is 0 Å². The average molecular weight is 255 g/mol. The van der Waals surface area contributed by atoms with E-state index in [9.17, 15) is 4.79 Å². The molecule has 3 N–H and O–H groups in total. The van der Waals surface area contributed by atoms with Crippen LogP contribution in [0.2, 0.25) is 0 Å². The van der Waals surface area contributed by atoms with E-state index in [2.05, 4.69) is 17.1 Å². The molecule has 3 atom stereocenters. The molecule has 1 amide bonds. The van der Waals surface area contributed by atoms with Crippen LogP contribution in [0.5, 0.6) is 0 Å². The van der Waals surface area contributed by atoms with Crippen LogP contribution in [0.25, 0.3) is 0 Å². The van der Waals surface area contributed by atoms with E-state index in [1.807, 2.05) is 0 Å². The van der Waals surface area contributed by atoms with Gasteiger partial charge in [0.1, 0.15) is 0 Å². The van der Waals surface area contributed by atoms with Gasteiger partial charge in [0.2, 0.25) is 5.91 Å². The van der Waals surface area contributed by atoms with Crippen molar-refractivity contribution in [3.05, 3.63) is 0 Å². The van der Waals surface area contributed by atoms with Crippen LogP contribution in [-0.2, 0) is 9.53 Å². The highest BCUT2D eigenvalue weighted by atomic mass is 16.5. The predicted octanol–water partition coefficient (Wildman–Crippen LogP) is -0.0493. The largest absolute Gasteiger partial charge is 0.374 e. The van der Waals surface area contributed by atoms with Gasteiger partial charge in [-0.2, -0.15) is 0 Å². The molecule has 104 valence electrons. The molecule has 5 heteroatoms. The Morgan fingerprint density at radius 1 is 1.50 bits per heavy atom. The molecule has 0 aromatic carbocycles. The molecule has 3 unspecified atom stereocenters. The van der Waals surface area contributed by atoms with Gasteiger partial charge in [-0.1, -0.05) is 13.3 Å². The van der Waals surface area contributed by atoms with Gasteiger partial charge in [-0.3, -0.25) is 9.69 Å². The number of likely N-dealkylation sites (N-methyl/N-ethyl adjacent to an activating group) is 1. The fourth-order valence-electron chi connectivity index (χ4n) is 2.85. The van der Waals surface area contributed by atoms with E-state index in [-0.39, 0.29) is 24.0 Å². The lowest BCUT2D eigenvalue weighted by Gasteiger charge is -2.32. The molecule has 1 aliphatic heterocycles. The van der Waals surface area contributed by atoms with Crippen LogP contribution in [0.4, 0.5) is 0 Å². The maximum atomic E-state index is 12.0. The van der Waals surface area contributed by atoms with Gasteiger partial charge in [0.25, 0.3) is 0 Å². The van der Waals surface area contributed by atoms with Crippen LogP contribution in [0.1, 0.15) is 26.2 Å². The molecule has 18 heavy (non-hydrogen) atoms. The Balaban J connectivity index is 1.72. The number of rotatable bonds is 4. The first-order valence-electron chi connectivity index (χ1n) is 7.08. The number of ether oxygens (including phenoxy) is 1. The Bertz CT molecular complexity index is 285. The highest BCUT2D eigenvalue weighted by Gasteiger charge is 2.30. The Morgan fingerprint density at radius 2 is 2.33 bits per heavy atom. The van der Waals surface area contributed by atoms with Gasteiger partial charge in [0.15, 0.2) is 0 Å². The van der Waals surface area contributed by atoms with E-state index in [0.29, 0.717) is 6.54 Å². The molecule has 1 aliphatic carbocycles. The lowest BCUT2D eigenvalue weighted by Crippen LogP contribution is -2.49. The number of amides is 1. The van der Waals surface area contributed by atoms with Gasteiger partial charge in [-0.05, 0) is 19.4 Å². The summed E-state index contributed by atoms with van der Waals surface area (Å²) in [6, 6.07) is 0.0458. The lowest BCUT2D eigenvalue weighted by molar-refractivity contribution is -0.126. The fraction of sp³-hybridized carbons (Fsp3) is 0.923. The summed E-state index contributed by atoms with van der Waals surface area (Å²) in [5.41, 5.74) is 5.93. The smallest absolute Gasteiger partial charge is 0.224 e. The summed E-state index contributed by atoms with van der Waals surface area (Å²) >= 11 is 0. The van der Waals surface area contributed by atoms with Crippen molar-refractivity contribution in [1.82, 2.24) is 10.2 Å². The monoisotopic (exact) mass is 255 g/mol. The quantitative estimate of drug-likeness (QED) is 0.739. The van der Waals surface area contributed by atoms with Gasteiger partial charge in [-0.15, -0.1) is 0 Å². The Morgan fingerprint density at radius 3 is 3.00 bits per heavy atom. The van der Waals surface area contributed by atoms with Gasteiger partial charge in [0, 0.05) is 25.7 Å². The predicted molar refractivity (Wildman–Crippen MR) is 70.2 cm³/mol. The lowest BCUT2D eigenvalue weighted by atomic mass is 10.0. The van der Waals surface area contributed by atoms with Gasteiger partial charge < -0.3 is 15.8 Å². The summed E-state index contributed by atoms with van der Waals surface area (Å²) in [4.78, 5) is 14.3. The topological polar surface area (TPSA) is 67.6 Å². The van der Waals surface area contributed by atoms with Crippen LogP contribution >= 0.6 is 0 Å². The third-order valence-corrected chi connectivity index (χ3v) is 4.08. The fourth-order valence-corrected chi connectivity index (χ4v) is 2.85. The van der Waals surface area contributed by atoms with E-state index in [1.54, 1.807) is 0 Å². The zero-order chi connectivity index (χ0) is 13.0. The highest BCUT2D eigenvalue weighted by molar-refractivity contribution is 5.79. The molecule has 0 bridgehead atoms. The molecule has 2 aliphatic rings. The van der Waals surface area contributed by atoms with Crippen molar-refractivity contribution in [3.8, 4) is 0 Å². The number of hydrogen-bond donors (Lipinski definition) is 2. The molecule has 1 saturated carbocycles. The van der Waals surface area contributed by atoms with Crippen LogP contribution in [0.3, 0.4) is 0 Å². The number of nitrogens with zero attached hydrogens (tertiary/aromatic N) is 1. The van der Waals surface area contributed by atoms with E-state index in [0.717, 1.165) is 45.5 Å². The van der Waals surface area contributed by atoms with Crippen molar-refractivity contribution < 1.29 is 9.53 Å². The molecule has 0 aromatic rings. The molecule has 0 spiro atoms. The maximum absolute atomic E-state index is 12.0. The number of carbonyl (C=O) groups excluding carboxylic acids is 1. The van der Waals surface area contributed by atoms with Crippen molar-refractivity contribution >= 4 is 5.91 Å². The summed E-state index contributed by atoms with van der Waals surface area (Å²) < 4.78 is 5.66. The average Bonchev–Trinajstić information content (AvgIpc) is 2.82. The third kappa shape index (κ3) is 3.43. The molecule has 0 aromatic heterocycles. The number of nitrogens with two attached hydrogens (primary N) is 1. The molecular formula is C13H25N3O2. The minimum atomic E-state index is 0.0101. The van der Waals surface area contributed by atoms with E-state index in [1.165, 1.54) is 0 Å². The van der Waals surface area contributed by atoms with Crippen LogP contribution in [0, 0.1) is 5.92 Å². The van der Waals surface area contributed by atoms with Crippen molar-refractivity contribution in [2.75, 3.05) is 32.8 Å². The van der Waals surface area contributed by atoms with Gasteiger partial charge >= 0.3 is 0 Å². The van der Waals surface area contributed by atoms with Crippen molar-refractivity contribution in [2.24, 2.45) is 11.7 Å². The van der Waals surface area contributed by atoms with E-state index < -0.39 is 0 Å². The second kappa shape index (κ2) is 6.50. The summed E-state index contributed by atoms with van der Waals surface area (Å²) in [5, 5.41) is 3.00. The van der Waals surface area contributed by atoms with Crippen molar-refractivity contribution in [2.45, 2.75) is 38.3 Å². The summed E-state index contributed by atoms with van der Waals surface area (Å²) in [6.45, 7) is 6.47. The van der Waals surface area contributed by atoms with Gasteiger partial charge in [-0.25, -0.2) is 0 Å². The maximum Gasteiger partial charge on any atom is 0.224 e. The minimum Gasteiger partial charge on any atom is -0.374 e. The Hall–Kier alpha value is -0.650. The van der Waals surface area contributed by atoms with Crippen LogP contribution < -0.4 is 11.1 Å². The third-order valence-electron chi connectivity index (χ3n) is 4.08. The number of nitrogens with one attached hydrogen (secondary N) is 1. The first kappa shape index (κ1) is 13.8. The number of hydrogen-bond acceptors (Lipinski definition) is 4. The Labute approximate surface area is 109 Å².